The van der Waals surface area contributed by atoms with Crippen molar-refractivity contribution in [1.29, 1.82) is 0 Å². The number of nitrogens with two attached hydrogens (primary N) is 2. The van der Waals surface area contributed by atoms with E-state index in [-0.39, 0.29) is 29.7 Å². The fraction of sp³-hybridized carbons (Fsp3) is 0.444. The van der Waals surface area contributed by atoms with E-state index in [1.165, 1.54) is 11.8 Å². The first-order chi connectivity index (χ1) is 8.36. The maximum Gasteiger partial charge on any atom is 0.332 e. The maximum absolute atomic E-state index is 11.0. The van der Waals surface area contributed by atoms with Crippen molar-refractivity contribution < 1.29 is 9.72 Å². The van der Waals surface area contributed by atoms with Crippen molar-refractivity contribution >= 4 is 23.4 Å². The molecule has 18 heavy (non-hydrogen) atoms. The number of primary amides is 1. The zero-order valence-corrected chi connectivity index (χ0v) is 10.1. The summed E-state index contributed by atoms with van der Waals surface area (Å²) in [6, 6.07) is 0. The third kappa shape index (κ3) is 2.81. The number of carbonyl (C=O) groups excluding carboxylic acids is 1. The molecule has 0 radical (unpaired) electrons. The van der Waals surface area contributed by atoms with E-state index in [9.17, 15) is 14.9 Å². The number of aromatic nitrogens is 2. The molecule has 0 spiro atoms. The van der Waals surface area contributed by atoms with Gasteiger partial charge in [-0.2, -0.15) is 4.98 Å². The van der Waals surface area contributed by atoms with Crippen molar-refractivity contribution in [3.63, 3.8) is 0 Å². The second-order valence-corrected chi connectivity index (χ2v) is 3.58. The van der Waals surface area contributed by atoms with Crippen LogP contribution in [0.15, 0.2) is 0 Å². The van der Waals surface area contributed by atoms with Crippen LogP contribution < -0.4 is 16.4 Å². The highest BCUT2D eigenvalue weighted by atomic mass is 16.6. The molecule has 0 unspecified atom stereocenters. The lowest BCUT2D eigenvalue weighted by molar-refractivity contribution is -0.385. The Balaban J connectivity index is 3.35. The van der Waals surface area contributed by atoms with Crippen LogP contribution in [-0.2, 0) is 4.79 Å². The number of aryl methyl sites for hydroxylation is 1. The van der Waals surface area contributed by atoms with Gasteiger partial charge in [0.15, 0.2) is 0 Å². The van der Waals surface area contributed by atoms with E-state index >= 15 is 0 Å². The van der Waals surface area contributed by atoms with Crippen molar-refractivity contribution in [3.8, 4) is 0 Å². The van der Waals surface area contributed by atoms with E-state index in [2.05, 4.69) is 9.97 Å². The molecule has 1 aromatic rings. The van der Waals surface area contributed by atoms with E-state index in [1.54, 1.807) is 6.92 Å². The van der Waals surface area contributed by atoms with Crippen molar-refractivity contribution in [2.45, 2.75) is 13.8 Å². The minimum atomic E-state index is -0.610. The molecule has 0 aliphatic carbocycles. The largest absolute Gasteiger partial charge is 0.368 e. The number of rotatable bonds is 5. The van der Waals surface area contributed by atoms with Crippen molar-refractivity contribution in [3.05, 3.63) is 15.8 Å². The summed E-state index contributed by atoms with van der Waals surface area (Å²) in [6.07, 6.45) is 0. The lowest BCUT2D eigenvalue weighted by Crippen LogP contribution is -2.35. The number of hydrogen-bond acceptors (Lipinski definition) is 7. The second-order valence-electron chi connectivity index (χ2n) is 3.58. The van der Waals surface area contributed by atoms with Gasteiger partial charge in [0.1, 0.15) is 5.69 Å². The fourth-order valence-corrected chi connectivity index (χ4v) is 1.53. The third-order valence-corrected chi connectivity index (χ3v) is 2.27. The monoisotopic (exact) mass is 254 g/mol. The predicted octanol–water partition coefficient (Wildman–Crippen LogP) is -0.413. The molecule has 1 heterocycles. The van der Waals surface area contributed by atoms with E-state index in [0.717, 1.165) is 0 Å². The van der Waals surface area contributed by atoms with Gasteiger partial charge in [-0.25, -0.2) is 4.98 Å². The minimum Gasteiger partial charge on any atom is -0.368 e. The molecular weight excluding hydrogens is 240 g/mol. The molecule has 0 fully saturated rings. The number of nitrogen functional groups attached to an aromatic ring is 1. The lowest BCUT2D eigenvalue weighted by Gasteiger charge is -2.20. The highest BCUT2D eigenvalue weighted by Crippen LogP contribution is 2.28. The molecule has 1 aromatic heterocycles. The van der Waals surface area contributed by atoms with Crippen molar-refractivity contribution in [2.24, 2.45) is 5.73 Å². The normalized spacial score (nSPS) is 10.1. The van der Waals surface area contributed by atoms with Gasteiger partial charge in [0, 0.05) is 6.54 Å². The van der Waals surface area contributed by atoms with Crippen LogP contribution >= 0.6 is 0 Å². The maximum atomic E-state index is 11.0. The van der Waals surface area contributed by atoms with Gasteiger partial charge < -0.3 is 16.4 Å². The third-order valence-electron chi connectivity index (χ3n) is 2.27. The molecule has 9 nitrogen and oxygen atoms in total. The highest BCUT2D eigenvalue weighted by molar-refractivity contribution is 5.80. The van der Waals surface area contributed by atoms with Crippen LogP contribution in [0.1, 0.15) is 12.6 Å². The minimum absolute atomic E-state index is 0.00583. The van der Waals surface area contributed by atoms with Crippen LogP contribution in [0.2, 0.25) is 0 Å². The Labute approximate surface area is 103 Å². The lowest BCUT2D eigenvalue weighted by atomic mass is 10.3. The molecular formula is C9H14N6O3. The molecule has 9 heteroatoms. The van der Waals surface area contributed by atoms with Crippen LogP contribution in [0.3, 0.4) is 0 Å². The number of likely N-dealkylation sites (N-methyl/N-ethyl adjacent to an activating group) is 1. The molecule has 0 bridgehead atoms. The van der Waals surface area contributed by atoms with E-state index in [0.29, 0.717) is 6.54 Å². The summed E-state index contributed by atoms with van der Waals surface area (Å²) in [5, 5.41) is 11.0. The average Bonchev–Trinajstić information content (AvgIpc) is 2.23. The fourth-order valence-electron chi connectivity index (χ4n) is 1.53. The van der Waals surface area contributed by atoms with E-state index in [1.807, 2.05) is 0 Å². The zero-order chi connectivity index (χ0) is 13.9. The molecule has 4 N–H and O–H groups in total. The van der Waals surface area contributed by atoms with E-state index in [4.69, 9.17) is 11.5 Å². The van der Waals surface area contributed by atoms with Gasteiger partial charge >= 0.3 is 5.69 Å². The van der Waals surface area contributed by atoms with Crippen molar-refractivity contribution in [1.82, 2.24) is 9.97 Å². The number of nitrogens with zero attached hydrogens (tertiary/aromatic N) is 4. The summed E-state index contributed by atoms with van der Waals surface area (Å²) in [5.74, 6) is -0.691. The Morgan fingerprint density at radius 1 is 1.50 bits per heavy atom. The standard InChI is InChI=1S/C9H14N6O3/c1-3-14(4-6(10)16)8-7(15(17)18)5(2)12-9(11)13-8/h3-4H2,1-2H3,(H2,10,16)(H2,11,12,13). The van der Waals surface area contributed by atoms with Crippen molar-refractivity contribution in [2.75, 3.05) is 23.7 Å². The molecule has 0 saturated heterocycles. The Morgan fingerprint density at radius 2 is 2.11 bits per heavy atom. The zero-order valence-electron chi connectivity index (χ0n) is 10.1. The van der Waals surface area contributed by atoms with Crippen LogP contribution in [0.4, 0.5) is 17.5 Å². The second kappa shape index (κ2) is 5.25. The van der Waals surface area contributed by atoms with Crippen LogP contribution in [0.5, 0.6) is 0 Å². The smallest absolute Gasteiger partial charge is 0.332 e. The summed E-state index contributed by atoms with van der Waals surface area (Å²) in [7, 11) is 0. The Hall–Kier alpha value is -2.45. The topological polar surface area (TPSA) is 141 Å². The molecule has 0 saturated carbocycles. The first-order valence-electron chi connectivity index (χ1n) is 5.18. The van der Waals surface area contributed by atoms with Gasteiger partial charge in [0.05, 0.1) is 11.5 Å². The van der Waals surface area contributed by atoms with Gasteiger partial charge in [0.25, 0.3) is 0 Å². The SMILES string of the molecule is CCN(CC(N)=O)c1nc(N)nc(C)c1[N+](=O)[O-]. The first-order valence-corrected chi connectivity index (χ1v) is 5.18. The number of carbonyl (C=O) groups is 1. The Morgan fingerprint density at radius 3 is 2.56 bits per heavy atom. The Bertz CT molecular complexity index is 489. The highest BCUT2D eigenvalue weighted by Gasteiger charge is 2.26. The summed E-state index contributed by atoms with van der Waals surface area (Å²) in [5.41, 5.74) is 10.4. The summed E-state index contributed by atoms with van der Waals surface area (Å²) < 4.78 is 0. The molecule has 0 aliphatic heterocycles. The van der Waals surface area contributed by atoms with Gasteiger partial charge in [-0.3, -0.25) is 14.9 Å². The molecule has 98 valence electrons. The molecule has 0 atom stereocenters. The summed E-state index contributed by atoms with van der Waals surface area (Å²) in [4.78, 5) is 30.3. The van der Waals surface area contributed by atoms with E-state index < -0.39 is 10.8 Å². The predicted molar refractivity (Wildman–Crippen MR) is 64.9 cm³/mol. The van der Waals surface area contributed by atoms with Crippen LogP contribution in [-0.4, -0.2) is 33.9 Å². The Kier molecular flexibility index (Phi) is 3.97. The number of nitro groups is 1. The van der Waals surface area contributed by atoms with Gasteiger partial charge in [-0.15, -0.1) is 0 Å². The molecule has 1 rings (SSSR count). The van der Waals surface area contributed by atoms with Crippen LogP contribution in [0.25, 0.3) is 0 Å². The van der Waals surface area contributed by atoms with Crippen LogP contribution in [0, 0.1) is 17.0 Å². The molecule has 0 aliphatic rings. The first kappa shape index (κ1) is 13.6. The summed E-state index contributed by atoms with van der Waals surface area (Å²) >= 11 is 0. The van der Waals surface area contributed by atoms with Gasteiger partial charge in [0.2, 0.25) is 17.7 Å². The van der Waals surface area contributed by atoms with Gasteiger partial charge in [-0.1, -0.05) is 0 Å². The molecule has 1 amide bonds. The number of hydrogen-bond donors (Lipinski definition) is 2. The number of amides is 1. The average molecular weight is 254 g/mol. The number of anilines is 2. The quantitative estimate of drug-likeness (QED) is 0.537. The summed E-state index contributed by atoms with van der Waals surface area (Å²) in [6.45, 7) is 3.34. The molecule has 0 aromatic carbocycles. The van der Waals surface area contributed by atoms with Gasteiger partial charge in [-0.05, 0) is 13.8 Å².